The smallest absolute Gasteiger partial charge is 0.0593 e. The highest BCUT2D eigenvalue weighted by Gasteiger charge is 2.21. The Kier molecular flexibility index (Phi) is 3.98. The van der Waals surface area contributed by atoms with Crippen molar-refractivity contribution in [2.24, 2.45) is 11.7 Å². The summed E-state index contributed by atoms with van der Waals surface area (Å²) < 4.78 is 5.45. The molecule has 1 rings (SSSR count). The molecule has 0 atom stereocenters. The molecule has 1 aliphatic heterocycles. The van der Waals surface area contributed by atoms with E-state index in [0.717, 1.165) is 32.8 Å². The van der Waals surface area contributed by atoms with Crippen LogP contribution in [0, 0.1) is 5.92 Å². The van der Waals surface area contributed by atoms with E-state index in [4.69, 9.17) is 10.5 Å². The Bertz CT molecular complexity index is 122. The van der Waals surface area contributed by atoms with Crippen LogP contribution in [0.2, 0.25) is 0 Å². The van der Waals surface area contributed by atoms with Crippen molar-refractivity contribution in [1.82, 2.24) is 4.90 Å². The Balaban J connectivity index is 1.83. The van der Waals surface area contributed by atoms with Crippen LogP contribution in [0.25, 0.3) is 0 Å². The molecule has 12 heavy (non-hydrogen) atoms. The molecule has 1 aliphatic rings. The van der Waals surface area contributed by atoms with Gasteiger partial charge in [0.2, 0.25) is 0 Å². The van der Waals surface area contributed by atoms with Gasteiger partial charge in [0.15, 0.2) is 0 Å². The van der Waals surface area contributed by atoms with Crippen molar-refractivity contribution in [2.45, 2.75) is 19.9 Å². The molecule has 0 unspecified atom stereocenters. The number of nitrogens with two attached hydrogens (primary N) is 1. The van der Waals surface area contributed by atoms with Crippen LogP contribution in [-0.2, 0) is 4.74 Å². The van der Waals surface area contributed by atoms with Gasteiger partial charge in [-0.3, -0.25) is 4.90 Å². The van der Waals surface area contributed by atoms with Crippen molar-refractivity contribution >= 4 is 0 Å². The topological polar surface area (TPSA) is 38.5 Å². The third-order valence-electron chi connectivity index (χ3n) is 1.99. The van der Waals surface area contributed by atoms with Crippen molar-refractivity contribution in [3.8, 4) is 0 Å². The van der Waals surface area contributed by atoms with Gasteiger partial charge in [0, 0.05) is 32.3 Å². The Hall–Kier alpha value is -0.120. The molecular formula is C9H20N2O. The zero-order valence-corrected chi connectivity index (χ0v) is 8.12. The van der Waals surface area contributed by atoms with Crippen molar-refractivity contribution < 1.29 is 4.74 Å². The van der Waals surface area contributed by atoms with Gasteiger partial charge >= 0.3 is 0 Å². The molecule has 72 valence electrons. The van der Waals surface area contributed by atoms with Crippen LogP contribution in [0.15, 0.2) is 0 Å². The lowest BCUT2D eigenvalue weighted by molar-refractivity contribution is 0.0595. The van der Waals surface area contributed by atoms with Gasteiger partial charge < -0.3 is 10.5 Å². The summed E-state index contributed by atoms with van der Waals surface area (Å²) in [4.78, 5) is 2.32. The van der Waals surface area contributed by atoms with Crippen LogP contribution in [0.4, 0.5) is 0 Å². The first kappa shape index (κ1) is 9.96. The normalized spacial score (nSPS) is 20.0. The molecule has 3 heteroatoms. The summed E-state index contributed by atoms with van der Waals surface area (Å²) in [6, 6.07) is 0.412. The predicted molar refractivity (Wildman–Crippen MR) is 50.1 cm³/mol. The summed E-state index contributed by atoms with van der Waals surface area (Å²) in [5.41, 5.74) is 5.64. The first-order valence-corrected chi connectivity index (χ1v) is 4.74. The SMILES string of the molecule is CC(C)COCCN1CC(N)C1. The number of nitrogens with zero attached hydrogens (tertiary/aromatic N) is 1. The molecule has 0 aromatic heterocycles. The Morgan fingerprint density at radius 3 is 2.67 bits per heavy atom. The maximum atomic E-state index is 5.64. The summed E-state index contributed by atoms with van der Waals surface area (Å²) in [6.07, 6.45) is 0. The molecule has 0 bridgehead atoms. The summed E-state index contributed by atoms with van der Waals surface area (Å²) in [5, 5.41) is 0. The Labute approximate surface area is 74.9 Å². The lowest BCUT2D eigenvalue weighted by atomic mass is 10.1. The van der Waals surface area contributed by atoms with Gasteiger partial charge in [-0.15, -0.1) is 0 Å². The van der Waals surface area contributed by atoms with Gasteiger partial charge in [0.25, 0.3) is 0 Å². The summed E-state index contributed by atoms with van der Waals surface area (Å²) in [7, 11) is 0. The molecule has 0 aromatic carbocycles. The second kappa shape index (κ2) is 4.80. The monoisotopic (exact) mass is 172 g/mol. The summed E-state index contributed by atoms with van der Waals surface area (Å²) >= 11 is 0. The summed E-state index contributed by atoms with van der Waals surface area (Å²) in [6.45, 7) is 9.19. The van der Waals surface area contributed by atoms with Crippen LogP contribution >= 0.6 is 0 Å². The second-order valence-corrected chi connectivity index (χ2v) is 3.99. The number of hydrogen-bond acceptors (Lipinski definition) is 3. The predicted octanol–water partition coefficient (Wildman–Crippen LogP) is 0.302. The van der Waals surface area contributed by atoms with E-state index in [1.807, 2.05) is 0 Å². The molecule has 0 aromatic rings. The maximum absolute atomic E-state index is 5.64. The van der Waals surface area contributed by atoms with Crippen molar-refractivity contribution in [3.63, 3.8) is 0 Å². The Morgan fingerprint density at radius 2 is 2.17 bits per heavy atom. The third kappa shape index (κ3) is 3.52. The minimum atomic E-state index is 0.412. The van der Waals surface area contributed by atoms with Crippen molar-refractivity contribution in [2.75, 3.05) is 32.8 Å². The zero-order chi connectivity index (χ0) is 8.97. The molecule has 2 N–H and O–H groups in total. The maximum Gasteiger partial charge on any atom is 0.0593 e. The van der Waals surface area contributed by atoms with Gasteiger partial charge in [-0.1, -0.05) is 13.8 Å². The molecule has 1 fully saturated rings. The molecule has 0 radical (unpaired) electrons. The lowest BCUT2D eigenvalue weighted by Crippen LogP contribution is -2.56. The average molecular weight is 172 g/mol. The van der Waals surface area contributed by atoms with Crippen LogP contribution in [-0.4, -0.2) is 43.8 Å². The molecule has 1 heterocycles. The quantitative estimate of drug-likeness (QED) is 0.606. The standard InChI is InChI=1S/C9H20N2O/c1-8(2)7-12-4-3-11-5-9(10)6-11/h8-9H,3-7,10H2,1-2H3. The third-order valence-corrected chi connectivity index (χ3v) is 1.99. The second-order valence-electron chi connectivity index (χ2n) is 3.99. The minimum absolute atomic E-state index is 0.412. The van der Waals surface area contributed by atoms with Crippen LogP contribution in [0.5, 0.6) is 0 Å². The first-order chi connectivity index (χ1) is 5.68. The van der Waals surface area contributed by atoms with E-state index in [0.29, 0.717) is 12.0 Å². The highest BCUT2D eigenvalue weighted by atomic mass is 16.5. The van der Waals surface area contributed by atoms with E-state index in [9.17, 15) is 0 Å². The van der Waals surface area contributed by atoms with Gasteiger partial charge in [-0.25, -0.2) is 0 Å². The fraction of sp³-hybridized carbons (Fsp3) is 1.00. The largest absolute Gasteiger partial charge is 0.380 e. The van der Waals surface area contributed by atoms with Crippen LogP contribution in [0.3, 0.4) is 0 Å². The molecule has 0 spiro atoms. The number of likely N-dealkylation sites (tertiary alicyclic amines) is 1. The lowest BCUT2D eigenvalue weighted by Gasteiger charge is -2.36. The average Bonchev–Trinajstić information content (AvgIpc) is 1.93. The van der Waals surface area contributed by atoms with E-state index in [-0.39, 0.29) is 0 Å². The van der Waals surface area contributed by atoms with Gasteiger partial charge in [-0.05, 0) is 5.92 Å². The van der Waals surface area contributed by atoms with Gasteiger partial charge in [0.1, 0.15) is 0 Å². The zero-order valence-electron chi connectivity index (χ0n) is 8.12. The van der Waals surface area contributed by atoms with Crippen LogP contribution in [0.1, 0.15) is 13.8 Å². The Morgan fingerprint density at radius 1 is 1.50 bits per heavy atom. The molecule has 0 amide bonds. The van der Waals surface area contributed by atoms with E-state index in [1.165, 1.54) is 0 Å². The fourth-order valence-electron chi connectivity index (χ4n) is 1.31. The molecule has 0 aliphatic carbocycles. The number of hydrogen-bond donors (Lipinski definition) is 1. The molecular weight excluding hydrogens is 152 g/mol. The number of rotatable bonds is 5. The van der Waals surface area contributed by atoms with E-state index >= 15 is 0 Å². The van der Waals surface area contributed by atoms with E-state index in [2.05, 4.69) is 18.7 Å². The van der Waals surface area contributed by atoms with E-state index < -0.39 is 0 Å². The number of ether oxygens (including phenoxy) is 1. The highest BCUT2D eigenvalue weighted by molar-refractivity contribution is 4.81. The van der Waals surface area contributed by atoms with Crippen molar-refractivity contribution in [1.29, 1.82) is 0 Å². The first-order valence-electron chi connectivity index (χ1n) is 4.74. The van der Waals surface area contributed by atoms with E-state index in [1.54, 1.807) is 0 Å². The highest BCUT2D eigenvalue weighted by Crippen LogP contribution is 2.03. The van der Waals surface area contributed by atoms with Gasteiger partial charge in [0.05, 0.1) is 6.61 Å². The van der Waals surface area contributed by atoms with Gasteiger partial charge in [-0.2, -0.15) is 0 Å². The van der Waals surface area contributed by atoms with Crippen molar-refractivity contribution in [3.05, 3.63) is 0 Å². The molecule has 3 nitrogen and oxygen atoms in total. The minimum Gasteiger partial charge on any atom is -0.380 e. The summed E-state index contributed by atoms with van der Waals surface area (Å²) in [5.74, 6) is 0.642. The van der Waals surface area contributed by atoms with Crippen LogP contribution < -0.4 is 5.73 Å². The fourth-order valence-corrected chi connectivity index (χ4v) is 1.31. The molecule has 1 saturated heterocycles. The molecule has 0 saturated carbocycles.